The monoisotopic (exact) mass is 284 g/mol. The zero-order valence-electron chi connectivity index (χ0n) is 9.31. The summed E-state index contributed by atoms with van der Waals surface area (Å²) in [7, 11) is 0. The first-order chi connectivity index (χ1) is 8.56. The smallest absolute Gasteiger partial charge is 0.307 e. The number of hydrogen-bond acceptors (Lipinski definition) is 2. The highest BCUT2D eigenvalue weighted by molar-refractivity contribution is 6.31. The fourth-order valence-corrected chi connectivity index (χ4v) is 2.04. The van der Waals surface area contributed by atoms with Gasteiger partial charge in [0.2, 0.25) is 0 Å². The van der Waals surface area contributed by atoms with Crippen LogP contribution < -0.4 is 0 Å². The van der Waals surface area contributed by atoms with Crippen molar-refractivity contribution in [2.24, 2.45) is 0 Å². The van der Waals surface area contributed by atoms with Crippen molar-refractivity contribution in [3.63, 3.8) is 0 Å². The van der Waals surface area contributed by atoms with Gasteiger partial charge >= 0.3 is 5.97 Å². The molecule has 0 aliphatic carbocycles. The first-order valence-corrected chi connectivity index (χ1v) is 5.98. The van der Waals surface area contributed by atoms with Gasteiger partial charge in [-0.2, -0.15) is 5.10 Å². The molecule has 0 fully saturated rings. The van der Waals surface area contributed by atoms with Crippen molar-refractivity contribution in [1.82, 2.24) is 9.78 Å². The molecule has 0 saturated carbocycles. The average molecular weight is 285 g/mol. The molecule has 94 valence electrons. The highest BCUT2D eigenvalue weighted by Crippen LogP contribution is 2.18. The molecule has 0 aliphatic rings. The van der Waals surface area contributed by atoms with E-state index in [-0.39, 0.29) is 6.42 Å². The minimum atomic E-state index is -0.931. The van der Waals surface area contributed by atoms with Crippen molar-refractivity contribution in [3.8, 4) is 0 Å². The molecule has 1 aromatic heterocycles. The first kappa shape index (κ1) is 12.9. The average Bonchev–Trinajstić information content (AvgIpc) is 2.61. The van der Waals surface area contributed by atoms with Crippen molar-refractivity contribution >= 4 is 29.2 Å². The SMILES string of the molecule is O=C(O)Cc1cnn(Cc2cccc(Cl)c2)c1Cl. The van der Waals surface area contributed by atoms with E-state index in [9.17, 15) is 4.79 Å². The van der Waals surface area contributed by atoms with Crippen molar-refractivity contribution in [2.75, 3.05) is 0 Å². The van der Waals surface area contributed by atoms with Crippen molar-refractivity contribution in [2.45, 2.75) is 13.0 Å². The van der Waals surface area contributed by atoms with Gasteiger partial charge in [0.1, 0.15) is 5.15 Å². The van der Waals surface area contributed by atoms with E-state index in [0.717, 1.165) is 5.56 Å². The number of aliphatic carboxylic acids is 1. The fraction of sp³-hybridized carbons (Fsp3) is 0.167. The Morgan fingerprint density at radius 3 is 2.83 bits per heavy atom. The molecule has 0 atom stereocenters. The lowest BCUT2D eigenvalue weighted by atomic mass is 10.2. The van der Waals surface area contributed by atoms with Gasteiger partial charge in [0, 0.05) is 10.6 Å². The van der Waals surface area contributed by atoms with Crippen LogP contribution in [0.4, 0.5) is 0 Å². The minimum Gasteiger partial charge on any atom is -0.481 e. The summed E-state index contributed by atoms with van der Waals surface area (Å²) in [6, 6.07) is 7.34. The third-order valence-corrected chi connectivity index (χ3v) is 3.08. The second-order valence-electron chi connectivity index (χ2n) is 3.82. The quantitative estimate of drug-likeness (QED) is 0.939. The lowest BCUT2D eigenvalue weighted by Gasteiger charge is -2.04. The molecule has 0 radical (unpaired) electrons. The van der Waals surface area contributed by atoms with Crippen LogP contribution in [-0.4, -0.2) is 20.9 Å². The number of benzene rings is 1. The van der Waals surface area contributed by atoms with Gasteiger partial charge in [-0.1, -0.05) is 35.3 Å². The third kappa shape index (κ3) is 3.03. The summed E-state index contributed by atoms with van der Waals surface area (Å²) in [6.45, 7) is 0.457. The van der Waals surface area contributed by atoms with Crippen LogP contribution in [0.3, 0.4) is 0 Å². The Balaban J connectivity index is 2.20. The molecular weight excluding hydrogens is 275 g/mol. The largest absolute Gasteiger partial charge is 0.481 e. The predicted octanol–water partition coefficient (Wildman–Crippen LogP) is 2.87. The Kier molecular flexibility index (Phi) is 3.89. The number of rotatable bonds is 4. The minimum absolute atomic E-state index is 0.131. The number of aromatic nitrogens is 2. The highest BCUT2D eigenvalue weighted by Gasteiger charge is 2.11. The van der Waals surface area contributed by atoms with E-state index in [1.807, 2.05) is 18.2 Å². The summed E-state index contributed by atoms with van der Waals surface area (Å²) in [6.07, 6.45) is 1.34. The first-order valence-electron chi connectivity index (χ1n) is 5.22. The lowest BCUT2D eigenvalue weighted by molar-refractivity contribution is -0.136. The van der Waals surface area contributed by atoms with Crippen LogP contribution in [0.1, 0.15) is 11.1 Å². The van der Waals surface area contributed by atoms with Gasteiger partial charge in [0.05, 0.1) is 19.2 Å². The van der Waals surface area contributed by atoms with Gasteiger partial charge in [-0.15, -0.1) is 0 Å². The number of carboxylic acid groups (broad SMARTS) is 1. The molecule has 0 unspecified atom stereocenters. The Hall–Kier alpha value is -1.52. The summed E-state index contributed by atoms with van der Waals surface area (Å²) in [4.78, 5) is 10.6. The molecule has 0 bridgehead atoms. The summed E-state index contributed by atoms with van der Waals surface area (Å²) < 4.78 is 1.55. The summed E-state index contributed by atoms with van der Waals surface area (Å²) in [5, 5.41) is 13.8. The Morgan fingerprint density at radius 1 is 1.39 bits per heavy atom. The van der Waals surface area contributed by atoms with E-state index >= 15 is 0 Å². The van der Waals surface area contributed by atoms with Crippen LogP contribution in [0.2, 0.25) is 10.2 Å². The molecule has 0 spiro atoms. The molecule has 1 heterocycles. The van der Waals surface area contributed by atoms with E-state index in [2.05, 4.69) is 5.10 Å². The molecule has 4 nitrogen and oxygen atoms in total. The van der Waals surface area contributed by atoms with Crippen LogP contribution >= 0.6 is 23.2 Å². The van der Waals surface area contributed by atoms with Gasteiger partial charge in [-0.3, -0.25) is 4.79 Å². The Labute approximate surface area is 114 Å². The third-order valence-electron chi connectivity index (χ3n) is 2.41. The second kappa shape index (κ2) is 5.42. The van der Waals surface area contributed by atoms with E-state index in [1.54, 1.807) is 10.7 Å². The van der Waals surface area contributed by atoms with Crippen LogP contribution in [0, 0.1) is 0 Å². The fourth-order valence-electron chi connectivity index (χ4n) is 1.61. The molecule has 0 saturated heterocycles. The topological polar surface area (TPSA) is 55.1 Å². The molecule has 0 aliphatic heterocycles. The summed E-state index contributed by atoms with van der Waals surface area (Å²) in [5.41, 5.74) is 1.46. The van der Waals surface area contributed by atoms with Crippen molar-refractivity contribution in [3.05, 3.63) is 51.8 Å². The van der Waals surface area contributed by atoms with Crippen molar-refractivity contribution in [1.29, 1.82) is 0 Å². The standard InChI is InChI=1S/C12H10Cl2N2O2/c13-10-3-1-2-8(4-10)7-16-12(14)9(6-15-16)5-11(17)18/h1-4,6H,5,7H2,(H,17,18). The van der Waals surface area contributed by atoms with Crippen LogP contribution in [0.25, 0.3) is 0 Å². The van der Waals surface area contributed by atoms with Gasteiger partial charge in [0.15, 0.2) is 0 Å². The lowest BCUT2D eigenvalue weighted by Crippen LogP contribution is -2.03. The van der Waals surface area contributed by atoms with Crippen LogP contribution in [-0.2, 0) is 17.8 Å². The maximum absolute atomic E-state index is 10.6. The Bertz CT molecular complexity index is 581. The number of halogens is 2. The van der Waals surface area contributed by atoms with Crippen LogP contribution in [0.15, 0.2) is 30.5 Å². The highest BCUT2D eigenvalue weighted by atomic mass is 35.5. The van der Waals surface area contributed by atoms with E-state index in [4.69, 9.17) is 28.3 Å². The van der Waals surface area contributed by atoms with E-state index in [0.29, 0.717) is 22.3 Å². The molecule has 2 aromatic rings. The van der Waals surface area contributed by atoms with Gasteiger partial charge < -0.3 is 5.11 Å². The molecule has 1 aromatic carbocycles. The molecule has 1 N–H and O–H groups in total. The zero-order valence-corrected chi connectivity index (χ0v) is 10.8. The Morgan fingerprint density at radius 2 is 2.17 bits per heavy atom. The van der Waals surface area contributed by atoms with Crippen LogP contribution in [0.5, 0.6) is 0 Å². The molecule has 0 amide bonds. The number of hydrogen-bond donors (Lipinski definition) is 1. The second-order valence-corrected chi connectivity index (χ2v) is 4.61. The van der Waals surface area contributed by atoms with E-state index in [1.165, 1.54) is 6.20 Å². The normalized spacial score (nSPS) is 10.6. The summed E-state index contributed by atoms with van der Waals surface area (Å²) in [5.74, 6) is -0.931. The van der Waals surface area contributed by atoms with Gasteiger partial charge in [0.25, 0.3) is 0 Å². The van der Waals surface area contributed by atoms with Gasteiger partial charge in [-0.05, 0) is 17.7 Å². The maximum atomic E-state index is 10.6. The molecule has 2 rings (SSSR count). The summed E-state index contributed by atoms with van der Waals surface area (Å²) >= 11 is 11.9. The van der Waals surface area contributed by atoms with Gasteiger partial charge in [-0.25, -0.2) is 4.68 Å². The molecular formula is C12H10Cl2N2O2. The zero-order chi connectivity index (χ0) is 13.1. The predicted molar refractivity (Wildman–Crippen MR) is 69.1 cm³/mol. The maximum Gasteiger partial charge on any atom is 0.307 e. The number of carboxylic acids is 1. The molecule has 18 heavy (non-hydrogen) atoms. The number of nitrogens with zero attached hydrogens (tertiary/aromatic N) is 2. The number of carbonyl (C=O) groups is 1. The van der Waals surface area contributed by atoms with E-state index < -0.39 is 5.97 Å². The van der Waals surface area contributed by atoms with Crippen molar-refractivity contribution < 1.29 is 9.90 Å². The molecule has 6 heteroatoms.